The van der Waals surface area contributed by atoms with Gasteiger partial charge in [-0.25, -0.2) is 4.79 Å². The van der Waals surface area contributed by atoms with Crippen LogP contribution in [-0.4, -0.2) is 31.6 Å². The highest BCUT2D eigenvalue weighted by atomic mass is 16.5. The molecule has 1 N–H and O–H groups in total. The Morgan fingerprint density at radius 2 is 2.22 bits per heavy atom. The van der Waals surface area contributed by atoms with E-state index in [1.165, 1.54) is 7.11 Å². The molecule has 2 rings (SSSR count). The minimum atomic E-state index is -0.409. The Balaban J connectivity index is 2.45. The summed E-state index contributed by atoms with van der Waals surface area (Å²) in [6, 6.07) is 4.98. The fraction of sp³-hybridized carbons (Fsp3) is 0.385. The molecule has 96 valence electrons. The second-order valence-electron chi connectivity index (χ2n) is 4.17. The molecule has 1 aromatic rings. The molecule has 0 fully saturated rings. The van der Waals surface area contributed by atoms with Gasteiger partial charge in [0.05, 0.1) is 24.0 Å². The van der Waals surface area contributed by atoms with Crippen molar-refractivity contribution in [2.24, 2.45) is 0 Å². The minimum Gasteiger partial charge on any atom is -0.465 e. The number of esters is 1. The van der Waals surface area contributed by atoms with Gasteiger partial charge in [0.15, 0.2) is 0 Å². The van der Waals surface area contributed by atoms with E-state index in [0.717, 1.165) is 12.2 Å². The molecule has 0 spiro atoms. The molecule has 0 saturated heterocycles. The first-order chi connectivity index (χ1) is 8.58. The number of amides is 1. The Hall–Kier alpha value is -2.04. The zero-order valence-corrected chi connectivity index (χ0v) is 10.7. The van der Waals surface area contributed by atoms with E-state index in [4.69, 9.17) is 0 Å². The molecular weight excluding hydrogens is 232 g/mol. The number of anilines is 2. The van der Waals surface area contributed by atoms with Crippen LogP contribution >= 0.6 is 0 Å². The summed E-state index contributed by atoms with van der Waals surface area (Å²) in [7, 11) is 1.33. The highest BCUT2D eigenvalue weighted by Crippen LogP contribution is 2.32. The third-order valence-corrected chi connectivity index (χ3v) is 3.17. The molecular formula is C13H16N2O3. The summed E-state index contributed by atoms with van der Waals surface area (Å²) in [6.07, 6.45) is 0. The molecule has 1 aliphatic heterocycles. The number of nitrogens with one attached hydrogen (secondary N) is 1. The van der Waals surface area contributed by atoms with Crippen LogP contribution in [0.2, 0.25) is 0 Å². The molecule has 0 bridgehead atoms. The molecule has 1 amide bonds. The van der Waals surface area contributed by atoms with Crippen molar-refractivity contribution in [3.05, 3.63) is 23.8 Å². The average Bonchev–Trinajstić information content (AvgIpc) is 2.39. The normalized spacial score (nSPS) is 18.1. The summed E-state index contributed by atoms with van der Waals surface area (Å²) < 4.78 is 4.66. The largest absolute Gasteiger partial charge is 0.465 e. The third-order valence-electron chi connectivity index (χ3n) is 3.17. The summed E-state index contributed by atoms with van der Waals surface area (Å²) in [6.45, 7) is 4.59. The first kappa shape index (κ1) is 12.4. The van der Waals surface area contributed by atoms with Crippen LogP contribution < -0.4 is 10.2 Å². The first-order valence-electron chi connectivity index (χ1n) is 5.88. The maximum Gasteiger partial charge on any atom is 0.337 e. The molecule has 1 heterocycles. The molecule has 0 radical (unpaired) electrons. The molecule has 0 aromatic heterocycles. The Kier molecular flexibility index (Phi) is 3.23. The number of carbonyl (C=O) groups excluding carboxylic acids is 2. The fourth-order valence-corrected chi connectivity index (χ4v) is 2.16. The van der Waals surface area contributed by atoms with Crippen molar-refractivity contribution < 1.29 is 14.3 Å². The Morgan fingerprint density at radius 1 is 1.50 bits per heavy atom. The van der Waals surface area contributed by atoms with E-state index in [2.05, 4.69) is 10.1 Å². The van der Waals surface area contributed by atoms with Gasteiger partial charge >= 0.3 is 5.97 Å². The van der Waals surface area contributed by atoms with Gasteiger partial charge in [-0.05, 0) is 32.0 Å². The predicted molar refractivity (Wildman–Crippen MR) is 68.9 cm³/mol. The molecule has 0 saturated carbocycles. The second kappa shape index (κ2) is 4.68. The lowest BCUT2D eigenvalue weighted by Gasteiger charge is -2.35. The van der Waals surface area contributed by atoms with Gasteiger partial charge in [0.25, 0.3) is 0 Å². The highest BCUT2D eigenvalue weighted by molar-refractivity contribution is 6.04. The van der Waals surface area contributed by atoms with Crippen molar-refractivity contribution in [3.8, 4) is 0 Å². The van der Waals surface area contributed by atoms with Gasteiger partial charge in [0.1, 0.15) is 6.04 Å². The average molecular weight is 248 g/mol. The Morgan fingerprint density at radius 3 is 2.83 bits per heavy atom. The number of likely N-dealkylation sites (N-methyl/N-ethyl adjacent to an activating group) is 1. The number of nitrogens with zero attached hydrogens (tertiary/aromatic N) is 1. The van der Waals surface area contributed by atoms with Crippen molar-refractivity contribution in [1.29, 1.82) is 0 Å². The number of ether oxygens (including phenoxy) is 1. The lowest BCUT2D eigenvalue weighted by molar-refractivity contribution is -0.117. The van der Waals surface area contributed by atoms with Crippen LogP contribution in [0.4, 0.5) is 11.4 Å². The molecule has 0 aliphatic carbocycles. The smallest absolute Gasteiger partial charge is 0.337 e. The van der Waals surface area contributed by atoms with E-state index in [9.17, 15) is 9.59 Å². The molecule has 1 aromatic carbocycles. The number of methoxy groups -OCH3 is 1. The van der Waals surface area contributed by atoms with Crippen molar-refractivity contribution >= 4 is 23.3 Å². The maximum absolute atomic E-state index is 11.8. The summed E-state index contributed by atoms with van der Waals surface area (Å²) in [4.78, 5) is 25.3. The lowest BCUT2D eigenvalue weighted by atomic mass is 10.1. The van der Waals surface area contributed by atoms with E-state index >= 15 is 0 Å². The number of hydrogen-bond acceptors (Lipinski definition) is 4. The molecule has 5 nitrogen and oxygen atoms in total. The van der Waals surface area contributed by atoms with E-state index in [1.54, 1.807) is 12.1 Å². The van der Waals surface area contributed by atoms with Crippen molar-refractivity contribution in [1.82, 2.24) is 0 Å². The van der Waals surface area contributed by atoms with Crippen LogP contribution in [0.15, 0.2) is 18.2 Å². The van der Waals surface area contributed by atoms with Gasteiger partial charge in [0.2, 0.25) is 5.91 Å². The third kappa shape index (κ3) is 1.92. The first-order valence-corrected chi connectivity index (χ1v) is 5.88. The van der Waals surface area contributed by atoms with Crippen molar-refractivity contribution in [3.63, 3.8) is 0 Å². The molecule has 1 unspecified atom stereocenters. The Bertz CT molecular complexity index is 499. The molecule has 1 aliphatic rings. The van der Waals surface area contributed by atoms with Gasteiger partial charge in [0, 0.05) is 6.54 Å². The minimum absolute atomic E-state index is 0.0636. The number of fused-ring (bicyclic) bond motifs is 1. The van der Waals surface area contributed by atoms with Crippen LogP contribution in [0.1, 0.15) is 24.2 Å². The summed E-state index contributed by atoms with van der Waals surface area (Å²) in [5.74, 6) is -0.472. The van der Waals surface area contributed by atoms with Crippen LogP contribution in [0, 0.1) is 0 Å². The monoisotopic (exact) mass is 248 g/mol. The van der Waals surface area contributed by atoms with Crippen molar-refractivity contribution in [2.45, 2.75) is 19.9 Å². The van der Waals surface area contributed by atoms with Crippen LogP contribution in [0.5, 0.6) is 0 Å². The lowest BCUT2D eigenvalue weighted by Crippen LogP contribution is -2.46. The number of rotatable bonds is 2. The number of hydrogen-bond donors (Lipinski definition) is 1. The van der Waals surface area contributed by atoms with E-state index in [1.807, 2.05) is 24.8 Å². The molecule has 1 atom stereocenters. The van der Waals surface area contributed by atoms with E-state index in [0.29, 0.717) is 11.3 Å². The molecule has 18 heavy (non-hydrogen) atoms. The van der Waals surface area contributed by atoms with E-state index in [-0.39, 0.29) is 11.9 Å². The van der Waals surface area contributed by atoms with Gasteiger partial charge in [-0.3, -0.25) is 4.79 Å². The van der Waals surface area contributed by atoms with Gasteiger partial charge in [-0.2, -0.15) is 0 Å². The topological polar surface area (TPSA) is 58.6 Å². The standard InChI is InChI=1S/C13H16N2O3/c1-4-15-8(2)12(16)14-10-7-9(13(17)18-3)5-6-11(10)15/h5-8H,4H2,1-3H3,(H,14,16). The maximum atomic E-state index is 11.8. The van der Waals surface area contributed by atoms with Gasteiger partial charge in [-0.15, -0.1) is 0 Å². The SMILES string of the molecule is CCN1c2ccc(C(=O)OC)cc2NC(=O)C1C. The predicted octanol–water partition coefficient (Wildman–Crippen LogP) is 1.64. The zero-order valence-electron chi connectivity index (χ0n) is 10.7. The molecule has 5 heteroatoms. The van der Waals surface area contributed by atoms with Gasteiger partial charge in [-0.1, -0.05) is 0 Å². The van der Waals surface area contributed by atoms with Crippen LogP contribution in [0.25, 0.3) is 0 Å². The summed E-state index contributed by atoms with van der Waals surface area (Å²) in [5.41, 5.74) is 2.02. The van der Waals surface area contributed by atoms with Gasteiger partial charge < -0.3 is 15.0 Å². The number of carbonyl (C=O) groups is 2. The zero-order chi connectivity index (χ0) is 13.3. The second-order valence-corrected chi connectivity index (χ2v) is 4.17. The summed E-state index contributed by atoms with van der Waals surface area (Å²) >= 11 is 0. The highest BCUT2D eigenvalue weighted by Gasteiger charge is 2.28. The summed E-state index contributed by atoms with van der Waals surface area (Å²) in [5, 5.41) is 2.80. The quantitative estimate of drug-likeness (QED) is 0.808. The number of benzene rings is 1. The van der Waals surface area contributed by atoms with E-state index < -0.39 is 5.97 Å². The Labute approximate surface area is 106 Å². The fourth-order valence-electron chi connectivity index (χ4n) is 2.16. The van der Waals surface area contributed by atoms with Crippen molar-refractivity contribution in [2.75, 3.05) is 23.9 Å². The van der Waals surface area contributed by atoms with Crippen LogP contribution in [-0.2, 0) is 9.53 Å². The van der Waals surface area contributed by atoms with Crippen LogP contribution in [0.3, 0.4) is 0 Å².